The summed E-state index contributed by atoms with van der Waals surface area (Å²) in [4.78, 5) is 0. The van der Waals surface area contributed by atoms with Crippen LogP contribution < -0.4 is 0 Å². The van der Waals surface area contributed by atoms with Crippen LogP contribution in [-0.4, -0.2) is 11.9 Å². The highest BCUT2D eigenvalue weighted by molar-refractivity contribution is 9.10. The summed E-state index contributed by atoms with van der Waals surface area (Å²) in [6, 6.07) is 8.26. The molecule has 0 N–H and O–H groups in total. The smallest absolute Gasteiger partial charge is 0.101 e. The second-order valence-electron chi connectivity index (χ2n) is 5.23. The maximum absolute atomic E-state index is 6.12. The van der Waals surface area contributed by atoms with Crippen molar-refractivity contribution in [2.45, 2.75) is 39.2 Å². The van der Waals surface area contributed by atoms with Crippen molar-refractivity contribution in [2.75, 3.05) is 11.9 Å². The van der Waals surface area contributed by atoms with Gasteiger partial charge in [0.25, 0.3) is 0 Å². The highest BCUT2D eigenvalue weighted by atomic mass is 79.9. The van der Waals surface area contributed by atoms with Crippen LogP contribution in [0.3, 0.4) is 0 Å². The summed E-state index contributed by atoms with van der Waals surface area (Å²) in [5, 5.41) is 0.796. The minimum Gasteiger partial charge on any atom is -0.370 e. The van der Waals surface area contributed by atoms with Crippen molar-refractivity contribution in [3.63, 3.8) is 0 Å². The standard InChI is InChI=1S/C15H22Br2O/c1-12(2)7-6-10-18-15(3,11-16)13-8-4-5-9-14(13)17/h4-5,8-9,12H,6-7,10-11H2,1-3H3. The zero-order valence-electron chi connectivity index (χ0n) is 11.4. The lowest BCUT2D eigenvalue weighted by Gasteiger charge is -2.29. The van der Waals surface area contributed by atoms with Crippen LogP contribution in [0.1, 0.15) is 39.2 Å². The van der Waals surface area contributed by atoms with Gasteiger partial charge in [0.2, 0.25) is 0 Å². The Labute approximate surface area is 128 Å². The van der Waals surface area contributed by atoms with Crippen molar-refractivity contribution in [3.8, 4) is 0 Å². The first-order valence-electron chi connectivity index (χ1n) is 6.44. The van der Waals surface area contributed by atoms with E-state index < -0.39 is 0 Å². The molecule has 0 amide bonds. The number of alkyl halides is 1. The molecule has 18 heavy (non-hydrogen) atoms. The van der Waals surface area contributed by atoms with Crippen molar-refractivity contribution in [1.82, 2.24) is 0 Å². The van der Waals surface area contributed by atoms with E-state index in [1.54, 1.807) is 0 Å². The van der Waals surface area contributed by atoms with Gasteiger partial charge in [-0.15, -0.1) is 0 Å². The topological polar surface area (TPSA) is 9.23 Å². The third-order valence-electron chi connectivity index (χ3n) is 3.05. The molecular weight excluding hydrogens is 356 g/mol. The van der Waals surface area contributed by atoms with Gasteiger partial charge >= 0.3 is 0 Å². The van der Waals surface area contributed by atoms with E-state index in [2.05, 4.69) is 70.8 Å². The first-order valence-corrected chi connectivity index (χ1v) is 8.36. The van der Waals surface area contributed by atoms with E-state index in [-0.39, 0.29) is 5.60 Å². The zero-order chi connectivity index (χ0) is 13.6. The van der Waals surface area contributed by atoms with E-state index in [4.69, 9.17) is 4.74 Å². The molecule has 0 aliphatic carbocycles. The van der Waals surface area contributed by atoms with Gasteiger partial charge in [0.15, 0.2) is 0 Å². The molecule has 102 valence electrons. The van der Waals surface area contributed by atoms with E-state index >= 15 is 0 Å². The average molecular weight is 378 g/mol. The van der Waals surface area contributed by atoms with Crippen LogP contribution >= 0.6 is 31.9 Å². The van der Waals surface area contributed by atoms with Gasteiger partial charge in [-0.05, 0) is 37.3 Å². The molecule has 3 heteroatoms. The first kappa shape index (κ1) is 16.2. The Hall–Kier alpha value is 0.140. The molecule has 0 bridgehead atoms. The minimum absolute atomic E-state index is 0.267. The highest BCUT2D eigenvalue weighted by Crippen LogP contribution is 2.33. The van der Waals surface area contributed by atoms with E-state index in [1.807, 2.05) is 6.07 Å². The Kier molecular flexibility index (Phi) is 6.89. The molecule has 1 nitrogen and oxygen atoms in total. The van der Waals surface area contributed by atoms with Crippen LogP contribution in [0, 0.1) is 5.92 Å². The molecule has 1 aromatic rings. The molecule has 0 aromatic heterocycles. The molecule has 0 heterocycles. The van der Waals surface area contributed by atoms with Crippen molar-refractivity contribution >= 4 is 31.9 Å². The highest BCUT2D eigenvalue weighted by Gasteiger charge is 2.28. The van der Waals surface area contributed by atoms with E-state index in [1.165, 1.54) is 12.0 Å². The van der Waals surface area contributed by atoms with Gasteiger partial charge in [0, 0.05) is 16.4 Å². The maximum Gasteiger partial charge on any atom is 0.101 e. The normalized spacial score (nSPS) is 14.8. The van der Waals surface area contributed by atoms with E-state index in [0.29, 0.717) is 0 Å². The predicted octanol–water partition coefficient (Wildman–Crippen LogP) is 5.51. The van der Waals surface area contributed by atoms with E-state index in [9.17, 15) is 0 Å². The van der Waals surface area contributed by atoms with Crippen LogP contribution in [0.5, 0.6) is 0 Å². The van der Waals surface area contributed by atoms with Gasteiger partial charge in [-0.25, -0.2) is 0 Å². The summed E-state index contributed by atoms with van der Waals surface area (Å²) in [5.74, 6) is 0.743. The monoisotopic (exact) mass is 376 g/mol. The van der Waals surface area contributed by atoms with Crippen molar-refractivity contribution in [3.05, 3.63) is 34.3 Å². The fourth-order valence-electron chi connectivity index (χ4n) is 1.87. The molecule has 0 saturated heterocycles. The molecule has 1 aromatic carbocycles. The number of halogens is 2. The summed E-state index contributed by atoms with van der Waals surface area (Å²) >= 11 is 7.18. The lowest BCUT2D eigenvalue weighted by atomic mass is 9.98. The van der Waals surface area contributed by atoms with Crippen molar-refractivity contribution < 1.29 is 4.74 Å². The fourth-order valence-corrected chi connectivity index (χ4v) is 3.04. The quantitative estimate of drug-likeness (QED) is 0.449. The van der Waals surface area contributed by atoms with Gasteiger partial charge in [-0.3, -0.25) is 0 Å². The molecule has 0 radical (unpaired) electrons. The first-order chi connectivity index (χ1) is 8.49. The van der Waals surface area contributed by atoms with Crippen LogP contribution in [-0.2, 0) is 10.3 Å². The Morgan fingerprint density at radius 2 is 1.94 bits per heavy atom. The maximum atomic E-state index is 6.12. The molecule has 0 aliphatic rings. The van der Waals surface area contributed by atoms with Crippen LogP contribution in [0.4, 0.5) is 0 Å². The fraction of sp³-hybridized carbons (Fsp3) is 0.600. The Morgan fingerprint density at radius 1 is 1.28 bits per heavy atom. The number of benzene rings is 1. The Bertz CT molecular complexity index is 365. The minimum atomic E-state index is -0.267. The van der Waals surface area contributed by atoms with Gasteiger partial charge in [0.1, 0.15) is 5.60 Å². The summed E-state index contributed by atoms with van der Waals surface area (Å²) in [6.07, 6.45) is 2.33. The Balaban J connectivity index is 2.65. The average Bonchev–Trinajstić information content (AvgIpc) is 2.35. The second kappa shape index (κ2) is 7.66. The Morgan fingerprint density at radius 3 is 2.50 bits per heavy atom. The molecule has 1 atom stereocenters. The van der Waals surface area contributed by atoms with Crippen molar-refractivity contribution in [1.29, 1.82) is 0 Å². The molecule has 0 aliphatic heterocycles. The molecule has 0 fully saturated rings. The molecule has 0 saturated carbocycles. The number of hydrogen-bond acceptors (Lipinski definition) is 1. The molecular formula is C15H22Br2O. The van der Waals surface area contributed by atoms with Crippen LogP contribution in [0.15, 0.2) is 28.7 Å². The second-order valence-corrected chi connectivity index (χ2v) is 6.64. The van der Waals surface area contributed by atoms with Gasteiger partial charge in [0.05, 0.1) is 0 Å². The molecule has 1 rings (SSSR count). The van der Waals surface area contributed by atoms with Crippen LogP contribution in [0.2, 0.25) is 0 Å². The zero-order valence-corrected chi connectivity index (χ0v) is 14.6. The van der Waals surface area contributed by atoms with Gasteiger partial charge < -0.3 is 4.74 Å². The SMILES string of the molecule is CC(C)CCCOC(C)(CBr)c1ccccc1Br. The van der Waals surface area contributed by atoms with Crippen LogP contribution in [0.25, 0.3) is 0 Å². The lowest BCUT2D eigenvalue weighted by Crippen LogP contribution is -2.29. The van der Waals surface area contributed by atoms with Gasteiger partial charge in [-0.1, -0.05) is 63.9 Å². The number of ether oxygens (including phenoxy) is 1. The van der Waals surface area contributed by atoms with E-state index in [0.717, 1.165) is 28.7 Å². The summed E-state index contributed by atoms with van der Waals surface area (Å²) in [6.45, 7) is 7.44. The molecule has 0 spiro atoms. The summed E-state index contributed by atoms with van der Waals surface area (Å²) in [7, 11) is 0. The summed E-state index contributed by atoms with van der Waals surface area (Å²) < 4.78 is 7.23. The number of rotatable bonds is 7. The lowest BCUT2D eigenvalue weighted by molar-refractivity contribution is -0.0198. The third kappa shape index (κ3) is 4.67. The van der Waals surface area contributed by atoms with Crippen molar-refractivity contribution in [2.24, 2.45) is 5.92 Å². The summed E-state index contributed by atoms with van der Waals surface area (Å²) in [5.41, 5.74) is 0.934. The predicted molar refractivity (Wildman–Crippen MR) is 85.3 cm³/mol. The largest absolute Gasteiger partial charge is 0.370 e. The molecule has 1 unspecified atom stereocenters. The number of hydrogen-bond donors (Lipinski definition) is 0. The third-order valence-corrected chi connectivity index (χ3v) is 4.81. The van der Waals surface area contributed by atoms with Gasteiger partial charge in [-0.2, -0.15) is 0 Å².